The molecule has 1 N–H and O–H groups in total. The standard InChI is InChI=1S/C19H23N3O4/c1-19(2,3)15-10-16(26-21-15)20-18(24)12-9-17(23)22(11-12)13-5-7-14(25-4)8-6-13/h5-8,10,12H,9,11H2,1-4H3,(H,20,24). The Hall–Kier alpha value is -2.83. The van der Waals surface area contributed by atoms with Crippen molar-refractivity contribution >= 4 is 23.4 Å². The molecule has 138 valence electrons. The van der Waals surface area contributed by atoms with Gasteiger partial charge in [0.2, 0.25) is 17.7 Å². The molecule has 0 saturated carbocycles. The van der Waals surface area contributed by atoms with Crippen LogP contribution in [0.2, 0.25) is 0 Å². The van der Waals surface area contributed by atoms with Gasteiger partial charge in [-0.25, -0.2) is 0 Å². The van der Waals surface area contributed by atoms with Gasteiger partial charge in [0.15, 0.2) is 0 Å². The number of carbonyl (C=O) groups excluding carboxylic acids is 2. The van der Waals surface area contributed by atoms with E-state index < -0.39 is 5.92 Å². The number of amides is 2. The van der Waals surface area contributed by atoms with Gasteiger partial charge in [0.05, 0.1) is 18.7 Å². The summed E-state index contributed by atoms with van der Waals surface area (Å²) in [4.78, 5) is 26.4. The van der Waals surface area contributed by atoms with Crippen molar-refractivity contribution in [2.75, 3.05) is 23.9 Å². The lowest BCUT2D eigenvalue weighted by atomic mass is 9.92. The first kappa shape index (κ1) is 18.0. The summed E-state index contributed by atoms with van der Waals surface area (Å²) in [7, 11) is 1.59. The predicted molar refractivity (Wildman–Crippen MR) is 97.3 cm³/mol. The van der Waals surface area contributed by atoms with E-state index in [2.05, 4.69) is 10.5 Å². The highest BCUT2D eigenvalue weighted by Crippen LogP contribution is 2.28. The molecular formula is C19H23N3O4. The number of rotatable bonds is 4. The molecule has 26 heavy (non-hydrogen) atoms. The van der Waals surface area contributed by atoms with Crippen LogP contribution in [0.4, 0.5) is 11.6 Å². The van der Waals surface area contributed by atoms with Gasteiger partial charge in [-0.1, -0.05) is 25.9 Å². The topological polar surface area (TPSA) is 84.7 Å². The predicted octanol–water partition coefficient (Wildman–Crippen LogP) is 2.97. The van der Waals surface area contributed by atoms with Crippen LogP contribution in [0.5, 0.6) is 5.75 Å². The smallest absolute Gasteiger partial charge is 0.232 e. The van der Waals surface area contributed by atoms with Gasteiger partial charge in [0.1, 0.15) is 5.75 Å². The summed E-state index contributed by atoms with van der Waals surface area (Å²) in [5, 5.41) is 6.70. The molecule has 3 rings (SSSR count). The Balaban J connectivity index is 1.65. The van der Waals surface area contributed by atoms with Crippen LogP contribution < -0.4 is 15.0 Å². The molecule has 1 aromatic heterocycles. The number of nitrogens with zero attached hydrogens (tertiary/aromatic N) is 2. The number of aromatic nitrogens is 1. The van der Waals surface area contributed by atoms with Crippen molar-refractivity contribution in [3.8, 4) is 5.75 Å². The average molecular weight is 357 g/mol. The monoisotopic (exact) mass is 357 g/mol. The number of ether oxygens (including phenoxy) is 1. The van der Waals surface area contributed by atoms with Crippen molar-refractivity contribution in [1.29, 1.82) is 0 Å². The zero-order valence-corrected chi connectivity index (χ0v) is 15.4. The summed E-state index contributed by atoms with van der Waals surface area (Å²) in [6.07, 6.45) is 0.165. The van der Waals surface area contributed by atoms with Gasteiger partial charge in [-0.2, -0.15) is 0 Å². The van der Waals surface area contributed by atoms with Crippen LogP contribution in [-0.4, -0.2) is 30.6 Å². The van der Waals surface area contributed by atoms with E-state index in [0.29, 0.717) is 12.4 Å². The van der Waals surface area contributed by atoms with Gasteiger partial charge in [-0.15, -0.1) is 0 Å². The lowest BCUT2D eigenvalue weighted by molar-refractivity contribution is -0.122. The van der Waals surface area contributed by atoms with E-state index in [-0.39, 0.29) is 23.7 Å². The maximum absolute atomic E-state index is 12.5. The second-order valence-corrected chi connectivity index (χ2v) is 7.42. The first-order valence-corrected chi connectivity index (χ1v) is 8.50. The molecule has 7 nitrogen and oxygen atoms in total. The SMILES string of the molecule is COc1ccc(N2CC(C(=O)Nc3cc(C(C)(C)C)no3)CC2=O)cc1. The Kier molecular flexibility index (Phi) is 4.71. The Morgan fingerprint density at radius 1 is 1.31 bits per heavy atom. The molecule has 1 fully saturated rings. The van der Waals surface area contributed by atoms with Crippen molar-refractivity contribution in [3.05, 3.63) is 36.0 Å². The third kappa shape index (κ3) is 3.71. The maximum Gasteiger partial charge on any atom is 0.232 e. The number of benzene rings is 1. The summed E-state index contributed by atoms with van der Waals surface area (Å²) in [5.41, 5.74) is 1.34. The number of nitrogens with one attached hydrogen (secondary N) is 1. The molecule has 0 radical (unpaired) electrons. The van der Waals surface area contributed by atoms with Crippen LogP contribution in [0, 0.1) is 5.92 Å². The van der Waals surface area contributed by atoms with Gasteiger partial charge >= 0.3 is 0 Å². The zero-order valence-electron chi connectivity index (χ0n) is 15.4. The number of hydrogen-bond donors (Lipinski definition) is 1. The van der Waals surface area contributed by atoms with Crippen LogP contribution in [0.3, 0.4) is 0 Å². The molecule has 2 amide bonds. The zero-order chi connectivity index (χ0) is 18.9. The van der Waals surface area contributed by atoms with Gasteiger partial charge < -0.3 is 14.2 Å². The first-order chi connectivity index (χ1) is 12.3. The summed E-state index contributed by atoms with van der Waals surface area (Å²) in [5.74, 6) is 0.256. The normalized spacial score (nSPS) is 17.5. The van der Waals surface area contributed by atoms with E-state index in [1.165, 1.54) is 0 Å². The lowest BCUT2D eigenvalue weighted by Crippen LogP contribution is -2.28. The van der Waals surface area contributed by atoms with Gasteiger partial charge in [-0.3, -0.25) is 14.9 Å². The highest BCUT2D eigenvalue weighted by molar-refractivity contribution is 6.03. The van der Waals surface area contributed by atoms with E-state index in [1.54, 1.807) is 30.2 Å². The van der Waals surface area contributed by atoms with E-state index in [1.807, 2.05) is 32.9 Å². The van der Waals surface area contributed by atoms with E-state index >= 15 is 0 Å². The van der Waals surface area contributed by atoms with Crippen molar-refractivity contribution in [1.82, 2.24) is 5.16 Å². The number of hydrogen-bond acceptors (Lipinski definition) is 5. The minimum atomic E-state index is -0.437. The first-order valence-electron chi connectivity index (χ1n) is 8.50. The molecule has 1 aliphatic rings. The van der Waals surface area contributed by atoms with Gasteiger partial charge in [0.25, 0.3) is 0 Å². The molecule has 1 aliphatic heterocycles. The van der Waals surface area contributed by atoms with E-state index in [0.717, 1.165) is 17.1 Å². The Labute approximate surface area is 152 Å². The summed E-state index contributed by atoms with van der Waals surface area (Å²) in [6, 6.07) is 8.92. The molecule has 0 aliphatic carbocycles. The second kappa shape index (κ2) is 6.82. The lowest BCUT2D eigenvalue weighted by Gasteiger charge is -2.16. The second-order valence-electron chi connectivity index (χ2n) is 7.42. The molecule has 1 aromatic carbocycles. The van der Waals surface area contributed by atoms with Crippen LogP contribution in [0.15, 0.2) is 34.9 Å². The molecule has 2 aromatic rings. The minimum Gasteiger partial charge on any atom is -0.497 e. The third-order valence-corrected chi connectivity index (χ3v) is 4.40. The fraction of sp³-hybridized carbons (Fsp3) is 0.421. The van der Waals surface area contributed by atoms with Crippen molar-refractivity contribution in [2.45, 2.75) is 32.6 Å². The highest BCUT2D eigenvalue weighted by Gasteiger charge is 2.35. The molecule has 1 saturated heterocycles. The molecular weight excluding hydrogens is 334 g/mol. The number of anilines is 2. The summed E-state index contributed by atoms with van der Waals surface area (Å²) >= 11 is 0. The Morgan fingerprint density at radius 2 is 2.00 bits per heavy atom. The molecule has 1 atom stereocenters. The van der Waals surface area contributed by atoms with Crippen molar-refractivity contribution in [3.63, 3.8) is 0 Å². The van der Waals surface area contributed by atoms with Gasteiger partial charge in [-0.05, 0) is 24.3 Å². The summed E-state index contributed by atoms with van der Waals surface area (Å²) in [6.45, 7) is 6.37. The number of methoxy groups -OCH3 is 1. The third-order valence-electron chi connectivity index (χ3n) is 4.40. The molecule has 1 unspecified atom stereocenters. The van der Waals surface area contributed by atoms with Crippen LogP contribution in [-0.2, 0) is 15.0 Å². The van der Waals surface area contributed by atoms with Crippen molar-refractivity contribution < 1.29 is 18.8 Å². The maximum atomic E-state index is 12.5. The van der Waals surface area contributed by atoms with E-state index in [9.17, 15) is 9.59 Å². The molecule has 2 heterocycles. The Bertz CT molecular complexity index is 805. The molecule has 0 bridgehead atoms. The Morgan fingerprint density at radius 3 is 2.58 bits per heavy atom. The average Bonchev–Trinajstić information content (AvgIpc) is 3.21. The van der Waals surface area contributed by atoms with Crippen LogP contribution >= 0.6 is 0 Å². The quantitative estimate of drug-likeness (QED) is 0.909. The van der Waals surface area contributed by atoms with Crippen LogP contribution in [0.25, 0.3) is 0 Å². The van der Waals surface area contributed by atoms with E-state index in [4.69, 9.17) is 9.26 Å². The fourth-order valence-electron chi connectivity index (χ4n) is 2.81. The largest absolute Gasteiger partial charge is 0.497 e. The van der Waals surface area contributed by atoms with Crippen molar-refractivity contribution in [2.24, 2.45) is 5.92 Å². The molecule has 0 spiro atoms. The van der Waals surface area contributed by atoms with Gasteiger partial charge in [0, 0.05) is 30.1 Å². The number of carbonyl (C=O) groups is 2. The minimum absolute atomic E-state index is 0.0803. The highest BCUT2D eigenvalue weighted by atomic mass is 16.5. The van der Waals surface area contributed by atoms with Crippen LogP contribution in [0.1, 0.15) is 32.9 Å². The fourth-order valence-corrected chi connectivity index (χ4v) is 2.81. The molecule has 7 heteroatoms. The summed E-state index contributed by atoms with van der Waals surface area (Å²) < 4.78 is 10.3.